The van der Waals surface area contributed by atoms with Gasteiger partial charge < -0.3 is 26.1 Å². The number of piperidine rings is 1. The van der Waals surface area contributed by atoms with Crippen LogP contribution in [0.15, 0.2) is 0 Å². The van der Waals surface area contributed by atoms with Gasteiger partial charge in [0, 0.05) is 13.1 Å². The lowest BCUT2D eigenvalue weighted by molar-refractivity contribution is -0.139. The lowest BCUT2D eigenvalue weighted by Gasteiger charge is -2.41. The first-order valence-electron chi connectivity index (χ1n) is 8.98. The molecule has 1 aliphatic rings. The molecule has 0 spiro atoms. The third kappa shape index (κ3) is 5.96. The highest BCUT2D eigenvalue weighted by molar-refractivity contribution is 6.10. The Hall–Kier alpha value is -1.65. The van der Waals surface area contributed by atoms with Crippen molar-refractivity contribution in [3.63, 3.8) is 0 Å². The van der Waals surface area contributed by atoms with Gasteiger partial charge in [-0.3, -0.25) is 14.4 Å². The van der Waals surface area contributed by atoms with E-state index in [4.69, 9.17) is 7.85 Å². The molecule has 0 unspecified atom stereocenters. The number of nitrogens with one attached hydrogen (secondary N) is 4. The normalized spacial score (nSPS) is 18.2. The van der Waals surface area contributed by atoms with Gasteiger partial charge >= 0.3 is 0 Å². The second-order valence-corrected chi connectivity index (χ2v) is 6.84. The minimum absolute atomic E-state index is 0.0136. The van der Waals surface area contributed by atoms with Crippen LogP contribution < -0.4 is 21.4 Å². The largest absolute Gasteiger partial charge is 0.364 e. The first-order valence-corrected chi connectivity index (χ1v) is 8.98. The summed E-state index contributed by atoms with van der Waals surface area (Å²) >= 11 is 0. The maximum absolute atomic E-state index is 12.8. The summed E-state index contributed by atoms with van der Waals surface area (Å²) in [4.78, 5) is 39.1. The molecule has 26 heavy (non-hydrogen) atoms. The molecular weight excluding hydrogens is 337 g/mol. The Bertz CT molecular complexity index is 495. The standard InChI is InChI=1S/C16H30BN5O4/c1-4-22-7-5-16(6-8-22,15(25)18-9-12(23)19-10-17)20-14(24)13(21-26)11(2)3/h11,13,21,26H,4-10H2,1-3H3,(H,18,25)(H,19,23)(H,20,24)/t13-/m0/s1. The summed E-state index contributed by atoms with van der Waals surface area (Å²) in [5.74, 6) is -1.42. The predicted molar refractivity (Wildman–Crippen MR) is 97.5 cm³/mol. The molecular formula is C16H30BN5O4. The molecule has 1 heterocycles. The van der Waals surface area contributed by atoms with E-state index in [9.17, 15) is 19.6 Å². The van der Waals surface area contributed by atoms with E-state index in [0.29, 0.717) is 25.9 Å². The fourth-order valence-electron chi connectivity index (χ4n) is 2.99. The number of hydrogen-bond acceptors (Lipinski definition) is 6. The SMILES string of the molecule is [B]CNC(=O)CNC(=O)C1(NC(=O)[C@@H](NO)C(C)C)CCN(CC)CC1. The number of nitrogens with zero attached hydrogens (tertiary/aromatic N) is 1. The van der Waals surface area contributed by atoms with Crippen molar-refractivity contribution in [3.8, 4) is 0 Å². The molecule has 1 atom stereocenters. The average Bonchev–Trinajstić information content (AvgIpc) is 2.60. The van der Waals surface area contributed by atoms with Crippen molar-refractivity contribution in [1.29, 1.82) is 0 Å². The molecule has 9 nitrogen and oxygen atoms in total. The molecule has 5 N–H and O–H groups in total. The van der Waals surface area contributed by atoms with Gasteiger partial charge in [0.1, 0.15) is 11.6 Å². The summed E-state index contributed by atoms with van der Waals surface area (Å²) in [6.45, 7) is 7.56. The van der Waals surface area contributed by atoms with Gasteiger partial charge in [-0.25, -0.2) is 0 Å². The van der Waals surface area contributed by atoms with Gasteiger partial charge in [-0.1, -0.05) is 20.8 Å². The van der Waals surface area contributed by atoms with Crippen LogP contribution in [0.1, 0.15) is 33.6 Å². The van der Waals surface area contributed by atoms with Gasteiger partial charge in [0.15, 0.2) is 0 Å². The Labute approximate surface area is 156 Å². The van der Waals surface area contributed by atoms with E-state index in [1.807, 2.05) is 12.4 Å². The number of carbonyl (C=O) groups is 3. The Balaban J connectivity index is 2.88. The highest BCUT2D eigenvalue weighted by atomic mass is 16.5. The zero-order chi connectivity index (χ0) is 19.7. The predicted octanol–water partition coefficient (Wildman–Crippen LogP) is -1.68. The second-order valence-electron chi connectivity index (χ2n) is 6.84. The molecule has 0 aromatic carbocycles. The van der Waals surface area contributed by atoms with Gasteiger partial charge in [-0.2, -0.15) is 5.48 Å². The van der Waals surface area contributed by atoms with E-state index >= 15 is 0 Å². The molecule has 1 aliphatic heterocycles. The van der Waals surface area contributed by atoms with Gasteiger partial charge in [0.2, 0.25) is 17.7 Å². The molecule has 146 valence electrons. The molecule has 2 radical (unpaired) electrons. The van der Waals surface area contributed by atoms with Crippen molar-refractivity contribution < 1.29 is 19.6 Å². The van der Waals surface area contributed by atoms with E-state index in [1.165, 1.54) is 0 Å². The van der Waals surface area contributed by atoms with Gasteiger partial charge in [-0.05, 0) is 31.7 Å². The van der Waals surface area contributed by atoms with Gasteiger partial charge in [0.05, 0.1) is 14.4 Å². The van der Waals surface area contributed by atoms with Crippen LogP contribution in [0.3, 0.4) is 0 Å². The van der Waals surface area contributed by atoms with Crippen LogP contribution in [0.4, 0.5) is 0 Å². The van der Waals surface area contributed by atoms with Crippen LogP contribution in [0.25, 0.3) is 0 Å². The maximum Gasteiger partial charge on any atom is 0.246 e. The van der Waals surface area contributed by atoms with Crippen molar-refractivity contribution in [2.24, 2.45) is 5.92 Å². The molecule has 10 heteroatoms. The van der Waals surface area contributed by atoms with Gasteiger partial charge in [-0.15, -0.1) is 0 Å². The summed E-state index contributed by atoms with van der Waals surface area (Å²) in [5, 5.41) is 17.0. The number of carbonyl (C=O) groups excluding carboxylic acids is 3. The minimum Gasteiger partial charge on any atom is -0.364 e. The maximum atomic E-state index is 12.8. The Morgan fingerprint density at radius 3 is 2.27 bits per heavy atom. The summed E-state index contributed by atoms with van der Waals surface area (Å²) in [6.07, 6.45) is 0.834. The molecule has 0 aliphatic carbocycles. The third-order valence-electron chi connectivity index (χ3n) is 4.75. The number of rotatable bonds is 9. The van der Waals surface area contributed by atoms with E-state index in [-0.39, 0.29) is 18.9 Å². The van der Waals surface area contributed by atoms with Crippen LogP contribution >= 0.6 is 0 Å². The first kappa shape index (κ1) is 22.4. The average molecular weight is 367 g/mol. The van der Waals surface area contributed by atoms with E-state index in [0.717, 1.165) is 6.54 Å². The minimum atomic E-state index is -1.12. The third-order valence-corrected chi connectivity index (χ3v) is 4.75. The van der Waals surface area contributed by atoms with E-state index in [2.05, 4.69) is 20.9 Å². The number of amides is 3. The molecule has 0 bridgehead atoms. The monoisotopic (exact) mass is 367 g/mol. The van der Waals surface area contributed by atoms with Crippen molar-refractivity contribution in [2.75, 3.05) is 32.6 Å². The molecule has 0 saturated carbocycles. The Morgan fingerprint density at radius 1 is 1.19 bits per heavy atom. The van der Waals surface area contributed by atoms with Crippen LogP contribution in [-0.2, 0) is 14.4 Å². The molecule has 1 fully saturated rings. The van der Waals surface area contributed by atoms with Crippen molar-refractivity contribution in [1.82, 2.24) is 26.3 Å². The molecule has 0 aromatic rings. The smallest absolute Gasteiger partial charge is 0.246 e. The van der Waals surface area contributed by atoms with E-state index < -0.39 is 29.3 Å². The lowest BCUT2D eigenvalue weighted by Crippen LogP contribution is -2.66. The quantitative estimate of drug-likeness (QED) is 0.245. The summed E-state index contributed by atoms with van der Waals surface area (Å²) < 4.78 is 0. The fraction of sp³-hybridized carbons (Fsp3) is 0.812. The summed E-state index contributed by atoms with van der Waals surface area (Å²) in [5.41, 5.74) is 0.886. The lowest BCUT2D eigenvalue weighted by atomic mass is 9.85. The van der Waals surface area contributed by atoms with Gasteiger partial charge in [0.25, 0.3) is 0 Å². The molecule has 1 rings (SSSR count). The Kier molecular flexibility index (Phi) is 9.04. The Morgan fingerprint density at radius 2 is 1.81 bits per heavy atom. The van der Waals surface area contributed by atoms with Crippen molar-refractivity contribution in [3.05, 3.63) is 0 Å². The van der Waals surface area contributed by atoms with Crippen molar-refractivity contribution in [2.45, 2.75) is 45.2 Å². The van der Waals surface area contributed by atoms with Crippen LogP contribution in [0.5, 0.6) is 0 Å². The van der Waals surface area contributed by atoms with Crippen molar-refractivity contribution >= 4 is 25.6 Å². The van der Waals surface area contributed by atoms with Crippen LogP contribution in [-0.4, -0.2) is 79.9 Å². The number of hydrogen-bond donors (Lipinski definition) is 5. The highest BCUT2D eigenvalue weighted by Gasteiger charge is 2.43. The van der Waals surface area contributed by atoms with Crippen LogP contribution in [0, 0.1) is 5.92 Å². The first-order chi connectivity index (χ1) is 12.3. The fourth-order valence-corrected chi connectivity index (χ4v) is 2.99. The second kappa shape index (κ2) is 10.5. The number of likely N-dealkylation sites (tertiary alicyclic amines) is 1. The zero-order valence-electron chi connectivity index (χ0n) is 15.8. The molecule has 3 amide bonds. The topological polar surface area (TPSA) is 123 Å². The molecule has 1 saturated heterocycles. The molecule has 0 aromatic heterocycles. The highest BCUT2D eigenvalue weighted by Crippen LogP contribution is 2.23. The summed E-state index contributed by atoms with van der Waals surface area (Å²) in [7, 11) is 5.24. The zero-order valence-corrected chi connectivity index (χ0v) is 15.8. The van der Waals surface area contributed by atoms with Crippen LogP contribution in [0.2, 0.25) is 0 Å². The van der Waals surface area contributed by atoms with E-state index in [1.54, 1.807) is 13.8 Å². The summed E-state index contributed by atoms with van der Waals surface area (Å²) in [6, 6.07) is -0.829. The number of hydroxylamine groups is 1.